The minimum absolute atomic E-state index is 0.110. The Hall–Kier alpha value is -0.910. The van der Waals surface area contributed by atoms with Crippen LogP contribution in [0.4, 0.5) is 0 Å². The molecule has 21 heavy (non-hydrogen) atoms. The van der Waals surface area contributed by atoms with Gasteiger partial charge in [-0.1, -0.05) is 37.6 Å². The normalized spacial score (nSPS) is 20.6. The number of hydrogen-bond donors (Lipinski definition) is 1. The first-order valence-electron chi connectivity index (χ1n) is 7.81. The van der Waals surface area contributed by atoms with Crippen LogP contribution in [0, 0.1) is 0 Å². The zero-order valence-corrected chi connectivity index (χ0v) is 13.8. The molecule has 0 aromatic heterocycles. The van der Waals surface area contributed by atoms with E-state index in [1.165, 1.54) is 5.56 Å². The SMILES string of the molecule is CCNCc1ccc(CS(=O)(=O)N2CCCCC2C)cc1. The quantitative estimate of drug-likeness (QED) is 0.878. The number of hydrogen-bond acceptors (Lipinski definition) is 3. The van der Waals surface area contributed by atoms with Crippen molar-refractivity contribution in [3.63, 3.8) is 0 Å². The fraction of sp³-hybridized carbons (Fsp3) is 0.625. The Balaban J connectivity index is 2.02. The largest absolute Gasteiger partial charge is 0.313 e. The van der Waals surface area contributed by atoms with E-state index in [1.54, 1.807) is 4.31 Å². The standard InChI is InChI=1S/C16H26N2O2S/c1-3-17-12-15-7-9-16(10-8-15)13-21(19,20)18-11-5-4-6-14(18)2/h7-10,14,17H,3-6,11-13H2,1-2H3. The Bertz CT molecular complexity index is 540. The summed E-state index contributed by atoms with van der Waals surface area (Å²) in [5.41, 5.74) is 2.05. The lowest BCUT2D eigenvalue weighted by Gasteiger charge is -2.32. The monoisotopic (exact) mass is 310 g/mol. The molecule has 1 saturated heterocycles. The molecule has 1 unspecified atom stereocenters. The molecule has 1 atom stereocenters. The van der Waals surface area contributed by atoms with Crippen molar-refractivity contribution >= 4 is 10.0 Å². The van der Waals surface area contributed by atoms with Crippen LogP contribution in [0.1, 0.15) is 44.2 Å². The van der Waals surface area contributed by atoms with Crippen molar-refractivity contribution < 1.29 is 8.42 Å². The number of benzene rings is 1. The van der Waals surface area contributed by atoms with Gasteiger partial charge in [0.25, 0.3) is 0 Å². The smallest absolute Gasteiger partial charge is 0.218 e. The van der Waals surface area contributed by atoms with E-state index in [1.807, 2.05) is 31.2 Å². The van der Waals surface area contributed by atoms with Gasteiger partial charge in [-0.3, -0.25) is 0 Å². The first-order chi connectivity index (χ1) is 10.0. The van der Waals surface area contributed by atoms with Crippen LogP contribution < -0.4 is 5.32 Å². The predicted molar refractivity (Wildman–Crippen MR) is 86.5 cm³/mol. The van der Waals surface area contributed by atoms with Crippen LogP contribution in [0.25, 0.3) is 0 Å². The molecule has 0 aliphatic carbocycles. The molecule has 0 saturated carbocycles. The molecule has 1 heterocycles. The van der Waals surface area contributed by atoms with E-state index in [2.05, 4.69) is 12.2 Å². The summed E-state index contributed by atoms with van der Waals surface area (Å²) in [6.07, 6.45) is 3.08. The van der Waals surface area contributed by atoms with E-state index < -0.39 is 10.0 Å². The number of nitrogens with one attached hydrogen (secondary N) is 1. The minimum atomic E-state index is -3.20. The molecule has 0 spiro atoms. The summed E-state index contributed by atoms with van der Waals surface area (Å²) >= 11 is 0. The fourth-order valence-electron chi connectivity index (χ4n) is 2.80. The maximum Gasteiger partial charge on any atom is 0.218 e. The van der Waals surface area contributed by atoms with Crippen molar-refractivity contribution in [2.75, 3.05) is 13.1 Å². The highest BCUT2D eigenvalue weighted by Gasteiger charge is 2.29. The van der Waals surface area contributed by atoms with Crippen LogP contribution in [-0.2, 0) is 22.3 Å². The molecule has 1 aromatic rings. The van der Waals surface area contributed by atoms with Gasteiger partial charge in [0.1, 0.15) is 0 Å². The van der Waals surface area contributed by atoms with Gasteiger partial charge in [-0.2, -0.15) is 4.31 Å². The third-order valence-electron chi connectivity index (χ3n) is 4.05. The number of piperidine rings is 1. The molecule has 5 heteroatoms. The van der Waals surface area contributed by atoms with Gasteiger partial charge >= 0.3 is 0 Å². The van der Waals surface area contributed by atoms with Crippen LogP contribution in [0.15, 0.2) is 24.3 Å². The number of nitrogens with zero attached hydrogens (tertiary/aromatic N) is 1. The predicted octanol–water partition coefficient (Wildman–Crippen LogP) is 2.50. The molecule has 1 aromatic carbocycles. The zero-order chi connectivity index (χ0) is 15.3. The summed E-state index contributed by atoms with van der Waals surface area (Å²) in [5, 5.41) is 3.26. The molecule has 0 amide bonds. The molecule has 1 fully saturated rings. The van der Waals surface area contributed by atoms with E-state index in [9.17, 15) is 8.42 Å². The molecular formula is C16H26N2O2S. The number of sulfonamides is 1. The van der Waals surface area contributed by atoms with E-state index in [0.29, 0.717) is 6.54 Å². The molecule has 4 nitrogen and oxygen atoms in total. The van der Waals surface area contributed by atoms with E-state index in [0.717, 1.165) is 37.9 Å². The first-order valence-corrected chi connectivity index (χ1v) is 9.42. The Morgan fingerprint density at radius 2 is 1.86 bits per heavy atom. The summed E-state index contributed by atoms with van der Waals surface area (Å²) in [6.45, 7) is 6.51. The Morgan fingerprint density at radius 1 is 1.19 bits per heavy atom. The molecule has 118 valence electrons. The van der Waals surface area contributed by atoms with E-state index in [4.69, 9.17) is 0 Å². The van der Waals surface area contributed by atoms with Crippen molar-refractivity contribution in [1.29, 1.82) is 0 Å². The van der Waals surface area contributed by atoms with Gasteiger partial charge < -0.3 is 5.32 Å². The lowest BCUT2D eigenvalue weighted by Crippen LogP contribution is -2.42. The topological polar surface area (TPSA) is 49.4 Å². The average molecular weight is 310 g/mol. The molecule has 1 aliphatic heterocycles. The third kappa shape index (κ3) is 4.53. The highest BCUT2D eigenvalue weighted by Crippen LogP contribution is 2.22. The fourth-order valence-corrected chi connectivity index (χ4v) is 4.64. The molecule has 2 rings (SSSR count). The molecule has 0 bridgehead atoms. The maximum absolute atomic E-state index is 12.5. The highest BCUT2D eigenvalue weighted by atomic mass is 32.2. The van der Waals surface area contributed by atoms with Gasteiger partial charge in [0.2, 0.25) is 10.0 Å². The van der Waals surface area contributed by atoms with Gasteiger partial charge in [-0.05, 0) is 37.4 Å². The summed E-state index contributed by atoms with van der Waals surface area (Å²) in [6, 6.07) is 8.01. The Labute approximate surface area is 128 Å². The first kappa shape index (κ1) is 16.5. The second kappa shape index (κ2) is 7.38. The average Bonchev–Trinajstić information content (AvgIpc) is 2.46. The van der Waals surface area contributed by atoms with Crippen molar-refractivity contribution in [3.05, 3.63) is 35.4 Å². The zero-order valence-electron chi connectivity index (χ0n) is 13.0. The Kier molecular flexibility index (Phi) is 5.79. The molecule has 1 aliphatic rings. The summed E-state index contributed by atoms with van der Waals surface area (Å²) in [4.78, 5) is 0. The second-order valence-corrected chi connectivity index (χ2v) is 7.73. The van der Waals surface area contributed by atoms with E-state index >= 15 is 0 Å². The van der Waals surface area contributed by atoms with Gasteiger partial charge in [-0.25, -0.2) is 8.42 Å². The molecular weight excluding hydrogens is 284 g/mol. The van der Waals surface area contributed by atoms with Crippen molar-refractivity contribution in [2.24, 2.45) is 0 Å². The number of rotatable bonds is 6. The summed E-state index contributed by atoms with van der Waals surface area (Å²) in [7, 11) is -3.20. The lowest BCUT2D eigenvalue weighted by atomic mass is 10.1. The maximum atomic E-state index is 12.5. The van der Waals surface area contributed by atoms with Crippen molar-refractivity contribution in [2.45, 2.75) is 51.4 Å². The van der Waals surface area contributed by atoms with Crippen LogP contribution >= 0.6 is 0 Å². The minimum Gasteiger partial charge on any atom is -0.313 e. The van der Waals surface area contributed by atoms with Crippen LogP contribution in [0.3, 0.4) is 0 Å². The van der Waals surface area contributed by atoms with Crippen molar-refractivity contribution in [3.8, 4) is 0 Å². The van der Waals surface area contributed by atoms with Crippen molar-refractivity contribution in [1.82, 2.24) is 9.62 Å². The van der Waals surface area contributed by atoms with Gasteiger partial charge in [0.05, 0.1) is 5.75 Å². The highest BCUT2D eigenvalue weighted by molar-refractivity contribution is 7.88. The lowest BCUT2D eigenvalue weighted by molar-refractivity contribution is 0.268. The van der Waals surface area contributed by atoms with Crippen LogP contribution in [0.2, 0.25) is 0 Å². The molecule has 0 radical (unpaired) electrons. The van der Waals surface area contributed by atoms with Gasteiger partial charge in [0, 0.05) is 19.1 Å². The summed E-state index contributed by atoms with van der Waals surface area (Å²) < 4.78 is 26.8. The Morgan fingerprint density at radius 3 is 2.48 bits per heavy atom. The van der Waals surface area contributed by atoms with E-state index in [-0.39, 0.29) is 11.8 Å². The van der Waals surface area contributed by atoms with Gasteiger partial charge in [-0.15, -0.1) is 0 Å². The second-order valence-electron chi connectivity index (χ2n) is 5.81. The third-order valence-corrected chi connectivity index (χ3v) is 6.01. The summed E-state index contributed by atoms with van der Waals surface area (Å²) in [5.74, 6) is 0.110. The molecule has 1 N–H and O–H groups in total. The van der Waals surface area contributed by atoms with Crippen LogP contribution in [-0.4, -0.2) is 31.9 Å². The van der Waals surface area contributed by atoms with Gasteiger partial charge in [0.15, 0.2) is 0 Å². The van der Waals surface area contributed by atoms with Crippen LogP contribution in [0.5, 0.6) is 0 Å².